The number of hydrogen-bond donors (Lipinski definition) is 1. The first kappa shape index (κ1) is 21.4. The van der Waals surface area contributed by atoms with E-state index in [1.165, 1.54) is 24.3 Å². The highest BCUT2D eigenvalue weighted by molar-refractivity contribution is 5.91. The fraction of sp³-hybridized carbons (Fsp3) is 0.409. The van der Waals surface area contributed by atoms with E-state index in [4.69, 9.17) is 0 Å². The van der Waals surface area contributed by atoms with Gasteiger partial charge >= 0.3 is 5.97 Å². The zero-order chi connectivity index (χ0) is 20.5. The topological polar surface area (TPSA) is 73.2 Å². The van der Waals surface area contributed by atoms with Crippen molar-refractivity contribution in [3.8, 4) is 0 Å². The van der Waals surface area contributed by atoms with Crippen LogP contribution in [0.25, 0.3) is 6.08 Å². The van der Waals surface area contributed by atoms with Gasteiger partial charge in [-0.3, -0.25) is 14.3 Å². The van der Waals surface area contributed by atoms with E-state index in [1.54, 1.807) is 0 Å². The van der Waals surface area contributed by atoms with Gasteiger partial charge in [0.05, 0.1) is 19.3 Å². The summed E-state index contributed by atoms with van der Waals surface area (Å²) >= 11 is 0. The molecule has 1 aromatic heterocycles. The average Bonchev–Trinajstić information content (AvgIpc) is 2.94. The van der Waals surface area contributed by atoms with E-state index in [1.807, 2.05) is 24.6 Å². The van der Waals surface area contributed by atoms with Crippen LogP contribution in [0.1, 0.15) is 47.3 Å². The molecular formula is C22H29N3O3. The van der Waals surface area contributed by atoms with Crippen molar-refractivity contribution in [2.75, 3.05) is 13.7 Å². The molecule has 28 heavy (non-hydrogen) atoms. The lowest BCUT2D eigenvalue weighted by Crippen LogP contribution is -2.22. The Balaban J connectivity index is 1.89. The number of esters is 1. The molecule has 2 aromatic rings. The number of hydrogen-bond acceptors (Lipinski definition) is 4. The molecule has 1 aromatic carbocycles. The third-order valence-electron chi connectivity index (χ3n) is 4.63. The van der Waals surface area contributed by atoms with Crippen LogP contribution in [0, 0.1) is 20.8 Å². The van der Waals surface area contributed by atoms with E-state index in [0.29, 0.717) is 25.9 Å². The maximum absolute atomic E-state index is 12.0. The van der Waals surface area contributed by atoms with Crippen molar-refractivity contribution in [3.05, 3.63) is 58.4 Å². The summed E-state index contributed by atoms with van der Waals surface area (Å²) in [5.74, 6) is -0.372. The molecule has 0 fully saturated rings. The van der Waals surface area contributed by atoms with Gasteiger partial charge in [0, 0.05) is 30.3 Å². The Bertz CT molecular complexity index is 835. The first-order valence-corrected chi connectivity index (χ1v) is 9.53. The summed E-state index contributed by atoms with van der Waals surface area (Å²) in [6.45, 7) is 7.26. The Hall–Kier alpha value is -2.89. The number of unbranched alkanes of at least 4 members (excludes halogenated alkanes) is 1. The fourth-order valence-corrected chi connectivity index (χ4v) is 2.90. The Morgan fingerprint density at radius 2 is 1.86 bits per heavy atom. The third-order valence-corrected chi connectivity index (χ3v) is 4.63. The minimum Gasteiger partial charge on any atom is -0.469 e. The van der Waals surface area contributed by atoms with Crippen LogP contribution in [0.15, 0.2) is 30.3 Å². The molecule has 150 valence electrons. The monoisotopic (exact) mass is 383 g/mol. The second-order valence-electron chi connectivity index (χ2n) is 6.89. The molecule has 0 unspecified atom stereocenters. The molecule has 0 aliphatic heterocycles. The van der Waals surface area contributed by atoms with Gasteiger partial charge in [-0.1, -0.05) is 29.8 Å². The number of carbonyl (C=O) groups excluding carboxylic acids is 2. The molecule has 0 bridgehead atoms. The Labute approximate surface area is 166 Å². The van der Waals surface area contributed by atoms with Crippen molar-refractivity contribution in [2.45, 2.75) is 46.6 Å². The van der Waals surface area contributed by atoms with Crippen molar-refractivity contribution in [3.63, 3.8) is 0 Å². The molecule has 0 radical (unpaired) electrons. The number of methoxy groups -OCH3 is 1. The second kappa shape index (κ2) is 10.4. The third kappa shape index (κ3) is 6.37. The summed E-state index contributed by atoms with van der Waals surface area (Å²) in [5, 5.41) is 7.44. The number of nitrogens with one attached hydrogen (secondary N) is 1. The minimum atomic E-state index is -0.222. The molecule has 6 heteroatoms. The highest BCUT2D eigenvalue weighted by Crippen LogP contribution is 2.16. The molecule has 0 saturated heterocycles. The van der Waals surface area contributed by atoms with Crippen LogP contribution in [0.2, 0.25) is 0 Å². The van der Waals surface area contributed by atoms with E-state index in [0.717, 1.165) is 23.4 Å². The molecular weight excluding hydrogens is 354 g/mol. The van der Waals surface area contributed by atoms with Gasteiger partial charge in [-0.05, 0) is 45.3 Å². The SMILES string of the molecule is COC(=O)CCCCNC(=O)/C=C/c1c(C)nn(Cc2ccc(C)cc2)c1C. The van der Waals surface area contributed by atoms with Gasteiger partial charge in [0.25, 0.3) is 0 Å². The second-order valence-corrected chi connectivity index (χ2v) is 6.89. The van der Waals surface area contributed by atoms with Crippen LogP contribution in [0.3, 0.4) is 0 Å². The van der Waals surface area contributed by atoms with E-state index in [2.05, 4.69) is 46.3 Å². The van der Waals surface area contributed by atoms with Gasteiger partial charge in [-0.2, -0.15) is 5.10 Å². The Kier molecular flexibility index (Phi) is 7.99. The summed E-state index contributed by atoms with van der Waals surface area (Å²) in [6, 6.07) is 8.40. The van der Waals surface area contributed by atoms with Crippen LogP contribution < -0.4 is 5.32 Å². The lowest BCUT2D eigenvalue weighted by molar-refractivity contribution is -0.140. The summed E-state index contributed by atoms with van der Waals surface area (Å²) in [5.41, 5.74) is 5.31. The summed E-state index contributed by atoms with van der Waals surface area (Å²) in [7, 11) is 1.38. The van der Waals surface area contributed by atoms with E-state index >= 15 is 0 Å². The highest BCUT2D eigenvalue weighted by Gasteiger charge is 2.10. The highest BCUT2D eigenvalue weighted by atomic mass is 16.5. The maximum Gasteiger partial charge on any atom is 0.305 e. The molecule has 6 nitrogen and oxygen atoms in total. The quantitative estimate of drug-likeness (QED) is 0.409. The van der Waals surface area contributed by atoms with Gasteiger partial charge in [0.15, 0.2) is 0 Å². The van der Waals surface area contributed by atoms with Crippen molar-refractivity contribution < 1.29 is 14.3 Å². The molecule has 0 spiro atoms. The molecule has 2 rings (SSSR count). The number of carbonyl (C=O) groups is 2. The zero-order valence-corrected chi connectivity index (χ0v) is 17.1. The number of amides is 1. The minimum absolute atomic E-state index is 0.150. The average molecular weight is 383 g/mol. The van der Waals surface area contributed by atoms with Crippen molar-refractivity contribution in [1.29, 1.82) is 0 Å². The van der Waals surface area contributed by atoms with Crippen LogP contribution in [-0.2, 0) is 20.9 Å². The van der Waals surface area contributed by atoms with Crippen LogP contribution in [0.5, 0.6) is 0 Å². The standard InChI is InChI=1S/C22H29N3O3/c1-16-8-10-19(11-9-16)15-25-18(3)20(17(2)24-25)12-13-21(26)23-14-6-5-7-22(27)28-4/h8-13H,5-7,14-15H2,1-4H3,(H,23,26)/b13-12+. The molecule has 0 saturated carbocycles. The van der Waals surface area contributed by atoms with E-state index in [9.17, 15) is 9.59 Å². The summed E-state index contributed by atoms with van der Waals surface area (Å²) in [6.07, 6.45) is 5.16. The summed E-state index contributed by atoms with van der Waals surface area (Å²) in [4.78, 5) is 23.0. The smallest absolute Gasteiger partial charge is 0.305 e. The largest absolute Gasteiger partial charge is 0.469 e. The van der Waals surface area contributed by atoms with Gasteiger partial charge < -0.3 is 10.1 Å². The molecule has 1 heterocycles. The number of aromatic nitrogens is 2. The number of benzene rings is 1. The van der Waals surface area contributed by atoms with Crippen LogP contribution >= 0.6 is 0 Å². The van der Waals surface area contributed by atoms with Crippen LogP contribution in [-0.4, -0.2) is 35.3 Å². The van der Waals surface area contributed by atoms with Crippen LogP contribution in [0.4, 0.5) is 0 Å². The lowest BCUT2D eigenvalue weighted by atomic mass is 10.1. The Morgan fingerprint density at radius 3 is 2.54 bits per heavy atom. The van der Waals surface area contributed by atoms with Gasteiger partial charge in [0.2, 0.25) is 5.91 Å². The van der Waals surface area contributed by atoms with Crippen molar-refractivity contribution >= 4 is 18.0 Å². The number of rotatable bonds is 9. The predicted octanol–water partition coefficient (Wildman–Crippen LogP) is 3.33. The lowest BCUT2D eigenvalue weighted by Gasteiger charge is -2.05. The van der Waals surface area contributed by atoms with Gasteiger partial charge in [0.1, 0.15) is 0 Å². The number of nitrogens with zero attached hydrogens (tertiary/aromatic N) is 2. The van der Waals surface area contributed by atoms with Gasteiger partial charge in [-0.15, -0.1) is 0 Å². The number of ether oxygens (including phenoxy) is 1. The van der Waals surface area contributed by atoms with E-state index < -0.39 is 0 Å². The predicted molar refractivity (Wildman–Crippen MR) is 110 cm³/mol. The molecule has 1 amide bonds. The fourth-order valence-electron chi connectivity index (χ4n) is 2.90. The molecule has 1 N–H and O–H groups in total. The van der Waals surface area contributed by atoms with Crippen molar-refractivity contribution in [1.82, 2.24) is 15.1 Å². The maximum atomic E-state index is 12.0. The summed E-state index contributed by atoms with van der Waals surface area (Å²) < 4.78 is 6.55. The zero-order valence-electron chi connectivity index (χ0n) is 17.1. The van der Waals surface area contributed by atoms with Crippen molar-refractivity contribution in [2.24, 2.45) is 0 Å². The molecule has 0 atom stereocenters. The van der Waals surface area contributed by atoms with Gasteiger partial charge in [-0.25, -0.2) is 0 Å². The first-order chi connectivity index (χ1) is 13.4. The molecule has 0 aliphatic rings. The van der Waals surface area contributed by atoms with E-state index in [-0.39, 0.29) is 11.9 Å². The number of aryl methyl sites for hydroxylation is 2. The molecule has 0 aliphatic carbocycles. The first-order valence-electron chi connectivity index (χ1n) is 9.53. The normalized spacial score (nSPS) is 11.0. The Morgan fingerprint density at radius 1 is 1.14 bits per heavy atom.